The molecule has 0 spiro atoms. The molecule has 0 radical (unpaired) electrons. The van der Waals surface area contributed by atoms with Crippen molar-refractivity contribution in [2.75, 3.05) is 6.61 Å². The Morgan fingerprint density at radius 3 is 2.38 bits per heavy atom. The highest BCUT2D eigenvalue weighted by Crippen LogP contribution is 2.09. The largest absolute Gasteiger partial charge is 0.379 e. The Morgan fingerprint density at radius 1 is 1.62 bits per heavy atom. The van der Waals surface area contributed by atoms with Gasteiger partial charge in [-0.2, -0.15) is 0 Å². The fourth-order valence-electron chi connectivity index (χ4n) is 0.739. The van der Waals surface area contributed by atoms with Gasteiger partial charge in [-0.15, -0.1) is 0 Å². The van der Waals surface area contributed by atoms with Crippen LogP contribution in [0.3, 0.4) is 0 Å². The molecule has 1 fully saturated rings. The van der Waals surface area contributed by atoms with Crippen LogP contribution in [-0.2, 0) is 9.53 Å². The van der Waals surface area contributed by atoms with E-state index in [1.165, 1.54) is 12.8 Å². The van der Waals surface area contributed by atoms with E-state index in [1.54, 1.807) is 0 Å². The van der Waals surface area contributed by atoms with Crippen molar-refractivity contribution in [2.24, 2.45) is 0 Å². The second kappa shape index (κ2) is 4.78. The first-order chi connectivity index (χ1) is 3.89. The third-order valence-corrected chi connectivity index (χ3v) is 1.16. The lowest BCUT2D eigenvalue weighted by molar-refractivity contribution is -0.0979. The molecule has 2 heteroatoms. The molecular formula is C6H12O2. The van der Waals surface area contributed by atoms with E-state index in [1.807, 2.05) is 6.79 Å². The van der Waals surface area contributed by atoms with Gasteiger partial charge in [0.2, 0.25) is 0 Å². The zero-order chi connectivity index (χ0) is 6.41. The summed E-state index contributed by atoms with van der Waals surface area (Å²) in [6.45, 7) is 5.11. The molecule has 0 aliphatic carbocycles. The van der Waals surface area contributed by atoms with Crippen LogP contribution in [-0.4, -0.2) is 19.5 Å². The average molecular weight is 116 g/mol. The average Bonchev–Trinajstić information content (AvgIpc) is 2.24. The van der Waals surface area contributed by atoms with Gasteiger partial charge in [0.15, 0.2) is 0 Å². The summed E-state index contributed by atoms with van der Waals surface area (Å²) in [4.78, 5) is 8.00. The Kier molecular flexibility index (Phi) is 4.56. The highest BCUT2D eigenvalue weighted by atomic mass is 16.5. The molecule has 0 bridgehead atoms. The van der Waals surface area contributed by atoms with Crippen LogP contribution in [0.2, 0.25) is 0 Å². The van der Waals surface area contributed by atoms with Crippen molar-refractivity contribution in [1.29, 1.82) is 0 Å². The normalized spacial score (nSPS) is 26.4. The topological polar surface area (TPSA) is 26.3 Å². The highest BCUT2D eigenvalue weighted by Gasteiger charge is 2.07. The number of carbonyl (C=O) groups excluding carboxylic acids is 1. The molecule has 2 nitrogen and oxygen atoms in total. The van der Waals surface area contributed by atoms with Gasteiger partial charge in [0, 0.05) is 6.61 Å². The van der Waals surface area contributed by atoms with Crippen molar-refractivity contribution >= 4 is 6.79 Å². The van der Waals surface area contributed by atoms with E-state index in [4.69, 9.17) is 9.53 Å². The second-order valence-corrected chi connectivity index (χ2v) is 1.82. The standard InChI is InChI=1S/C5H10O.CH2O/c1-5-3-2-4-6-5;1-2/h5H,2-4H2,1H3;1H2. The van der Waals surface area contributed by atoms with E-state index in [9.17, 15) is 0 Å². The number of rotatable bonds is 0. The molecule has 0 aromatic carbocycles. The molecule has 0 aromatic heterocycles. The number of hydrogen-bond donors (Lipinski definition) is 0. The van der Waals surface area contributed by atoms with Crippen LogP contribution in [0.5, 0.6) is 0 Å². The van der Waals surface area contributed by atoms with Crippen LogP contribution in [0, 0.1) is 0 Å². The van der Waals surface area contributed by atoms with E-state index in [2.05, 4.69) is 6.92 Å². The van der Waals surface area contributed by atoms with Crippen molar-refractivity contribution < 1.29 is 9.53 Å². The third kappa shape index (κ3) is 2.75. The van der Waals surface area contributed by atoms with E-state index in [-0.39, 0.29) is 0 Å². The van der Waals surface area contributed by atoms with Crippen LogP contribution in [0.25, 0.3) is 0 Å². The summed E-state index contributed by atoms with van der Waals surface area (Å²) in [5.41, 5.74) is 0. The van der Waals surface area contributed by atoms with Crippen molar-refractivity contribution in [3.63, 3.8) is 0 Å². The lowest BCUT2D eigenvalue weighted by atomic mass is 10.3. The molecule has 1 heterocycles. The van der Waals surface area contributed by atoms with Crippen molar-refractivity contribution in [2.45, 2.75) is 25.9 Å². The Hall–Kier alpha value is -0.370. The maximum absolute atomic E-state index is 8.00. The molecule has 48 valence electrons. The summed E-state index contributed by atoms with van der Waals surface area (Å²) in [6.07, 6.45) is 3.08. The molecule has 0 amide bonds. The van der Waals surface area contributed by atoms with Gasteiger partial charge in [-0.05, 0) is 19.8 Å². The summed E-state index contributed by atoms with van der Waals surface area (Å²) in [5.74, 6) is 0. The van der Waals surface area contributed by atoms with E-state index in [0.29, 0.717) is 6.10 Å². The van der Waals surface area contributed by atoms with Crippen molar-refractivity contribution in [3.05, 3.63) is 0 Å². The first-order valence-corrected chi connectivity index (χ1v) is 2.80. The monoisotopic (exact) mass is 116 g/mol. The van der Waals surface area contributed by atoms with Crippen LogP contribution in [0.15, 0.2) is 0 Å². The van der Waals surface area contributed by atoms with Gasteiger partial charge in [0.1, 0.15) is 6.79 Å². The molecule has 1 rings (SSSR count). The predicted octanol–water partition coefficient (Wildman–Crippen LogP) is 1.00. The van der Waals surface area contributed by atoms with Crippen molar-refractivity contribution in [1.82, 2.24) is 0 Å². The van der Waals surface area contributed by atoms with Crippen LogP contribution >= 0.6 is 0 Å². The molecule has 1 aliphatic rings. The predicted molar refractivity (Wildman–Crippen MR) is 31.8 cm³/mol. The minimum atomic E-state index is 0.546. The highest BCUT2D eigenvalue weighted by molar-refractivity contribution is 5.10. The first kappa shape index (κ1) is 7.63. The Morgan fingerprint density at radius 2 is 2.25 bits per heavy atom. The smallest absolute Gasteiger partial charge is 0.106 e. The fourth-order valence-corrected chi connectivity index (χ4v) is 0.739. The molecule has 8 heavy (non-hydrogen) atoms. The fraction of sp³-hybridized carbons (Fsp3) is 0.833. The second-order valence-electron chi connectivity index (χ2n) is 1.82. The van der Waals surface area contributed by atoms with E-state index >= 15 is 0 Å². The summed E-state index contributed by atoms with van der Waals surface area (Å²) >= 11 is 0. The molecule has 1 saturated heterocycles. The van der Waals surface area contributed by atoms with Crippen LogP contribution in [0.4, 0.5) is 0 Å². The van der Waals surface area contributed by atoms with Gasteiger partial charge in [0.25, 0.3) is 0 Å². The minimum absolute atomic E-state index is 0.546. The lowest BCUT2D eigenvalue weighted by Gasteiger charge is -1.94. The molecular weight excluding hydrogens is 104 g/mol. The van der Waals surface area contributed by atoms with Gasteiger partial charge >= 0.3 is 0 Å². The molecule has 1 aliphatic heterocycles. The summed E-state index contributed by atoms with van der Waals surface area (Å²) < 4.78 is 5.15. The molecule has 0 N–H and O–H groups in total. The van der Waals surface area contributed by atoms with E-state index < -0.39 is 0 Å². The zero-order valence-corrected chi connectivity index (χ0v) is 5.22. The Labute approximate surface area is 49.8 Å². The quantitative estimate of drug-likeness (QED) is 0.472. The summed E-state index contributed by atoms with van der Waals surface area (Å²) in [5, 5.41) is 0. The van der Waals surface area contributed by atoms with E-state index in [0.717, 1.165) is 6.61 Å². The van der Waals surface area contributed by atoms with Gasteiger partial charge in [-0.25, -0.2) is 0 Å². The lowest BCUT2D eigenvalue weighted by Crippen LogP contribution is -1.94. The van der Waals surface area contributed by atoms with Crippen LogP contribution < -0.4 is 0 Å². The first-order valence-electron chi connectivity index (χ1n) is 2.80. The van der Waals surface area contributed by atoms with Gasteiger partial charge in [-0.3, -0.25) is 0 Å². The SMILES string of the molecule is C=O.CC1CCCO1. The van der Waals surface area contributed by atoms with Gasteiger partial charge in [-0.1, -0.05) is 0 Å². The molecule has 1 atom stereocenters. The summed E-state index contributed by atoms with van der Waals surface area (Å²) in [6, 6.07) is 0. The van der Waals surface area contributed by atoms with Gasteiger partial charge in [0.05, 0.1) is 6.10 Å². The summed E-state index contributed by atoms with van der Waals surface area (Å²) in [7, 11) is 0. The van der Waals surface area contributed by atoms with Crippen LogP contribution in [0.1, 0.15) is 19.8 Å². The molecule has 0 aromatic rings. The number of carbonyl (C=O) groups is 1. The zero-order valence-electron chi connectivity index (χ0n) is 5.22. The minimum Gasteiger partial charge on any atom is -0.379 e. The third-order valence-electron chi connectivity index (χ3n) is 1.16. The maximum atomic E-state index is 8.00. The molecule has 1 unspecified atom stereocenters. The number of hydrogen-bond acceptors (Lipinski definition) is 2. The molecule has 0 saturated carbocycles. The Bertz CT molecular complexity index is 48.5. The van der Waals surface area contributed by atoms with Gasteiger partial charge < -0.3 is 9.53 Å². The maximum Gasteiger partial charge on any atom is 0.106 e. The van der Waals surface area contributed by atoms with Crippen molar-refractivity contribution in [3.8, 4) is 0 Å². The number of ether oxygens (including phenoxy) is 1. The Balaban J connectivity index is 0.000000222.